The minimum atomic E-state index is -0.333. The molecule has 3 rings (SSSR count). The molecule has 1 aromatic carbocycles. The highest BCUT2D eigenvalue weighted by molar-refractivity contribution is 7.22. The third-order valence-corrected chi connectivity index (χ3v) is 4.61. The molecule has 0 bridgehead atoms. The molecule has 0 saturated carbocycles. The molecule has 2 amide bonds. The summed E-state index contributed by atoms with van der Waals surface area (Å²) in [6, 6.07) is 5.24. The van der Waals surface area contributed by atoms with Crippen molar-refractivity contribution in [2.75, 3.05) is 23.4 Å². The first-order valence-corrected chi connectivity index (χ1v) is 9.06. The number of nitrogens with zero attached hydrogens (tertiary/aromatic N) is 3. The Morgan fingerprint density at radius 2 is 2.07 bits per heavy atom. The fraction of sp³-hybridized carbons (Fsp3) is 0.235. The molecular weight excluding hydrogens is 364 g/mol. The van der Waals surface area contributed by atoms with Crippen LogP contribution in [0.25, 0.3) is 10.2 Å². The van der Waals surface area contributed by atoms with Crippen molar-refractivity contribution in [3.63, 3.8) is 0 Å². The zero-order valence-corrected chi connectivity index (χ0v) is 15.9. The van der Waals surface area contributed by atoms with Crippen LogP contribution in [0.5, 0.6) is 0 Å². The summed E-state index contributed by atoms with van der Waals surface area (Å²) in [7, 11) is 1.54. The van der Waals surface area contributed by atoms with Crippen LogP contribution >= 0.6 is 11.3 Å². The van der Waals surface area contributed by atoms with E-state index in [2.05, 4.69) is 30.9 Å². The van der Waals surface area contributed by atoms with E-state index in [9.17, 15) is 4.79 Å². The summed E-state index contributed by atoms with van der Waals surface area (Å²) >= 11 is 1.33. The molecule has 0 radical (unpaired) electrons. The predicted molar refractivity (Wildman–Crippen MR) is 109 cm³/mol. The molecule has 0 atom stereocenters. The van der Waals surface area contributed by atoms with Crippen molar-refractivity contribution in [3.05, 3.63) is 35.7 Å². The molecule has 0 saturated heterocycles. The molecule has 9 nitrogen and oxygen atoms in total. The maximum Gasteiger partial charge on any atom is 0.320 e. The Labute approximate surface area is 159 Å². The number of nitrogens with two attached hydrogens (primary N) is 1. The maximum absolute atomic E-state index is 11.5. The maximum atomic E-state index is 11.5. The number of benzene rings is 1. The van der Waals surface area contributed by atoms with Gasteiger partial charge in [-0.2, -0.15) is 0 Å². The molecule has 0 unspecified atom stereocenters. The van der Waals surface area contributed by atoms with Crippen molar-refractivity contribution in [1.82, 2.24) is 20.3 Å². The van der Waals surface area contributed by atoms with Crippen LogP contribution in [0.3, 0.4) is 0 Å². The Bertz CT molecular complexity index is 1010. The summed E-state index contributed by atoms with van der Waals surface area (Å²) in [6.07, 6.45) is 1.37. The Kier molecular flexibility index (Phi) is 5.17. The quantitative estimate of drug-likeness (QED) is 0.428. The Morgan fingerprint density at radius 3 is 2.78 bits per heavy atom. The standard InChI is InChI=1S/C17H20N8OS/c1-8(2)23-15-12(14(19)21-7-22-15)13(18)9-4-5-10-11(6-9)27-17(24-10)25-16(26)20-3/h4-8,18H,1-3H3,(H3,19,21,22,23)(H2,20,24,25,26). The summed E-state index contributed by atoms with van der Waals surface area (Å²) in [5.74, 6) is 0.762. The van der Waals surface area contributed by atoms with E-state index in [0.717, 1.165) is 10.2 Å². The summed E-state index contributed by atoms with van der Waals surface area (Å²) < 4.78 is 0.845. The Hall–Kier alpha value is -3.27. The van der Waals surface area contributed by atoms with Gasteiger partial charge in [-0.25, -0.2) is 19.7 Å². The van der Waals surface area contributed by atoms with Crippen molar-refractivity contribution in [3.8, 4) is 0 Å². The summed E-state index contributed by atoms with van der Waals surface area (Å²) in [5.41, 5.74) is 8.09. The van der Waals surface area contributed by atoms with E-state index in [0.29, 0.717) is 22.1 Å². The van der Waals surface area contributed by atoms with E-state index in [1.807, 2.05) is 19.9 Å². The summed E-state index contributed by atoms with van der Waals surface area (Å²) in [6.45, 7) is 3.96. The molecule has 2 heterocycles. The van der Waals surface area contributed by atoms with Gasteiger partial charge >= 0.3 is 6.03 Å². The van der Waals surface area contributed by atoms with Gasteiger partial charge in [-0.3, -0.25) is 10.7 Å². The molecule has 140 valence electrons. The van der Waals surface area contributed by atoms with Gasteiger partial charge in [-0.15, -0.1) is 0 Å². The number of anilines is 3. The molecule has 0 aliphatic carbocycles. The van der Waals surface area contributed by atoms with Crippen molar-refractivity contribution in [2.24, 2.45) is 0 Å². The monoisotopic (exact) mass is 384 g/mol. The van der Waals surface area contributed by atoms with Gasteiger partial charge in [0.1, 0.15) is 18.0 Å². The highest BCUT2D eigenvalue weighted by Gasteiger charge is 2.18. The third-order valence-electron chi connectivity index (χ3n) is 3.68. The van der Waals surface area contributed by atoms with E-state index in [-0.39, 0.29) is 23.6 Å². The van der Waals surface area contributed by atoms with Crippen LogP contribution in [0.2, 0.25) is 0 Å². The average Bonchev–Trinajstić information content (AvgIpc) is 3.02. The average molecular weight is 384 g/mol. The minimum absolute atomic E-state index is 0.133. The lowest BCUT2D eigenvalue weighted by atomic mass is 10.0. The predicted octanol–water partition coefficient (Wildman–Crippen LogP) is 2.66. The van der Waals surface area contributed by atoms with Gasteiger partial charge in [0.2, 0.25) is 0 Å². The van der Waals surface area contributed by atoms with Crippen molar-refractivity contribution < 1.29 is 4.79 Å². The SMILES string of the molecule is CNC(=O)Nc1nc2ccc(C(=N)c3c(N)ncnc3NC(C)C)cc2s1. The van der Waals surface area contributed by atoms with Crippen LogP contribution in [0.4, 0.5) is 21.6 Å². The highest BCUT2D eigenvalue weighted by atomic mass is 32.1. The van der Waals surface area contributed by atoms with Gasteiger partial charge in [-0.05, 0) is 26.0 Å². The minimum Gasteiger partial charge on any atom is -0.383 e. The number of thiazole rings is 1. The lowest BCUT2D eigenvalue weighted by Gasteiger charge is -2.15. The van der Waals surface area contributed by atoms with Crippen molar-refractivity contribution in [1.29, 1.82) is 5.41 Å². The van der Waals surface area contributed by atoms with Gasteiger partial charge in [0.05, 0.1) is 21.5 Å². The number of nitrogen functional groups attached to an aromatic ring is 1. The topological polar surface area (TPSA) is 142 Å². The Morgan fingerprint density at radius 1 is 1.30 bits per heavy atom. The number of hydrogen-bond donors (Lipinski definition) is 5. The number of amides is 2. The van der Waals surface area contributed by atoms with Crippen molar-refractivity contribution in [2.45, 2.75) is 19.9 Å². The number of rotatable bonds is 5. The molecule has 3 aromatic rings. The molecule has 0 aliphatic rings. The second-order valence-corrected chi connectivity index (χ2v) is 7.09. The zero-order chi connectivity index (χ0) is 19.6. The highest BCUT2D eigenvalue weighted by Crippen LogP contribution is 2.29. The zero-order valence-electron chi connectivity index (χ0n) is 15.1. The van der Waals surface area contributed by atoms with Crippen LogP contribution in [-0.4, -0.2) is 39.8 Å². The van der Waals surface area contributed by atoms with Crippen LogP contribution < -0.4 is 21.7 Å². The number of carbonyl (C=O) groups is 1. The lowest BCUT2D eigenvalue weighted by molar-refractivity contribution is 0.254. The molecule has 0 aliphatic heterocycles. The molecule has 2 aromatic heterocycles. The van der Waals surface area contributed by atoms with Crippen LogP contribution in [0.1, 0.15) is 25.0 Å². The van der Waals surface area contributed by atoms with Crippen LogP contribution in [0, 0.1) is 5.41 Å². The van der Waals surface area contributed by atoms with Crippen LogP contribution in [-0.2, 0) is 0 Å². The first-order valence-electron chi connectivity index (χ1n) is 8.24. The molecular formula is C17H20N8OS. The number of hydrogen-bond acceptors (Lipinski definition) is 8. The largest absolute Gasteiger partial charge is 0.383 e. The number of nitrogens with one attached hydrogen (secondary N) is 4. The second-order valence-electron chi connectivity index (χ2n) is 6.06. The van der Waals surface area contributed by atoms with E-state index < -0.39 is 0 Å². The molecule has 10 heteroatoms. The van der Waals surface area contributed by atoms with E-state index in [1.54, 1.807) is 12.1 Å². The van der Waals surface area contributed by atoms with Crippen molar-refractivity contribution >= 4 is 50.1 Å². The molecule has 0 fully saturated rings. The summed E-state index contributed by atoms with van der Waals surface area (Å²) in [4.78, 5) is 24.1. The number of fused-ring (bicyclic) bond motifs is 1. The third kappa shape index (κ3) is 3.95. The summed E-state index contributed by atoms with van der Waals surface area (Å²) in [5, 5.41) is 17.4. The van der Waals surface area contributed by atoms with Crippen LogP contribution in [0.15, 0.2) is 24.5 Å². The number of aromatic nitrogens is 3. The van der Waals surface area contributed by atoms with Gasteiger partial charge in [-0.1, -0.05) is 17.4 Å². The first-order chi connectivity index (χ1) is 12.9. The van der Waals surface area contributed by atoms with Gasteiger partial charge in [0, 0.05) is 18.7 Å². The van der Waals surface area contributed by atoms with E-state index in [4.69, 9.17) is 11.1 Å². The lowest BCUT2D eigenvalue weighted by Crippen LogP contribution is -2.24. The van der Waals surface area contributed by atoms with E-state index in [1.165, 1.54) is 24.7 Å². The normalized spacial score (nSPS) is 10.8. The fourth-order valence-electron chi connectivity index (χ4n) is 2.47. The molecule has 27 heavy (non-hydrogen) atoms. The Balaban J connectivity index is 1.98. The first kappa shape index (κ1) is 18.5. The van der Waals surface area contributed by atoms with Gasteiger partial charge in [0.15, 0.2) is 5.13 Å². The van der Waals surface area contributed by atoms with Gasteiger partial charge in [0.25, 0.3) is 0 Å². The van der Waals surface area contributed by atoms with E-state index >= 15 is 0 Å². The number of urea groups is 1. The molecule has 6 N–H and O–H groups in total. The molecule has 0 spiro atoms. The smallest absolute Gasteiger partial charge is 0.320 e. The fourth-order valence-corrected chi connectivity index (χ4v) is 3.37. The number of carbonyl (C=O) groups excluding carboxylic acids is 1. The second kappa shape index (κ2) is 7.54. The van der Waals surface area contributed by atoms with Gasteiger partial charge < -0.3 is 16.4 Å².